The number of anilines is 2. The number of benzene rings is 1. The Bertz CT molecular complexity index is 847. The zero-order chi connectivity index (χ0) is 20.2. The van der Waals surface area contributed by atoms with Crippen LogP contribution in [0.15, 0.2) is 36.7 Å². The minimum atomic E-state index is 0.0543. The second-order valence-corrected chi connectivity index (χ2v) is 8.13. The van der Waals surface area contributed by atoms with Gasteiger partial charge in [0.05, 0.1) is 0 Å². The maximum absolute atomic E-state index is 13.1. The highest BCUT2D eigenvalue weighted by Crippen LogP contribution is 2.23. The third-order valence-electron chi connectivity index (χ3n) is 6.20. The van der Waals surface area contributed by atoms with E-state index in [2.05, 4.69) is 57.9 Å². The van der Waals surface area contributed by atoms with Crippen LogP contribution in [0.5, 0.6) is 0 Å². The Hall–Kier alpha value is -2.63. The Morgan fingerprint density at radius 3 is 2.59 bits per heavy atom. The summed E-state index contributed by atoms with van der Waals surface area (Å²) in [5, 5.41) is 0. The van der Waals surface area contributed by atoms with Crippen LogP contribution in [0, 0.1) is 6.92 Å². The number of aromatic nitrogens is 2. The highest BCUT2D eigenvalue weighted by molar-refractivity contribution is 5.93. The molecule has 1 amide bonds. The Balaban J connectivity index is 1.43. The van der Waals surface area contributed by atoms with Crippen molar-refractivity contribution < 1.29 is 4.79 Å². The molecule has 1 aromatic heterocycles. The maximum Gasteiger partial charge on any atom is 0.272 e. The van der Waals surface area contributed by atoms with E-state index in [0.29, 0.717) is 11.7 Å². The van der Waals surface area contributed by atoms with Crippen molar-refractivity contribution in [3.05, 3.63) is 47.9 Å². The second kappa shape index (κ2) is 8.80. The molecule has 6 nitrogen and oxygen atoms in total. The first-order valence-electron chi connectivity index (χ1n) is 10.9. The predicted molar refractivity (Wildman–Crippen MR) is 117 cm³/mol. The van der Waals surface area contributed by atoms with Gasteiger partial charge < -0.3 is 14.7 Å². The Kier molecular flexibility index (Phi) is 5.97. The van der Waals surface area contributed by atoms with Crippen molar-refractivity contribution in [1.29, 1.82) is 0 Å². The van der Waals surface area contributed by atoms with Crippen LogP contribution in [0.4, 0.5) is 11.5 Å². The van der Waals surface area contributed by atoms with E-state index < -0.39 is 0 Å². The highest BCUT2D eigenvalue weighted by Gasteiger charge is 2.28. The molecule has 0 bridgehead atoms. The van der Waals surface area contributed by atoms with E-state index in [1.54, 1.807) is 6.33 Å². The third kappa shape index (κ3) is 4.36. The van der Waals surface area contributed by atoms with Crippen LogP contribution in [-0.2, 0) is 0 Å². The highest BCUT2D eigenvalue weighted by atomic mass is 16.2. The molecule has 154 valence electrons. The first kappa shape index (κ1) is 19.7. The number of carbonyl (C=O) groups excluding carboxylic acids is 1. The topological polar surface area (TPSA) is 52.6 Å². The summed E-state index contributed by atoms with van der Waals surface area (Å²) in [6, 6.07) is 10.9. The van der Waals surface area contributed by atoms with Gasteiger partial charge in [0, 0.05) is 50.5 Å². The zero-order valence-electron chi connectivity index (χ0n) is 17.5. The number of hydrogen-bond acceptors (Lipinski definition) is 5. The molecule has 3 heterocycles. The van der Waals surface area contributed by atoms with Gasteiger partial charge >= 0.3 is 0 Å². The number of hydrogen-bond donors (Lipinski definition) is 0. The minimum Gasteiger partial charge on any atom is -0.368 e. The Morgan fingerprint density at radius 2 is 1.83 bits per heavy atom. The fourth-order valence-electron chi connectivity index (χ4n) is 4.49. The molecule has 1 aromatic carbocycles. The smallest absolute Gasteiger partial charge is 0.272 e. The molecule has 2 aromatic rings. The van der Waals surface area contributed by atoms with Crippen LogP contribution in [0.25, 0.3) is 0 Å². The van der Waals surface area contributed by atoms with Crippen molar-refractivity contribution in [2.75, 3.05) is 42.5 Å². The van der Waals surface area contributed by atoms with Gasteiger partial charge in [0.15, 0.2) is 0 Å². The number of rotatable bonds is 4. The van der Waals surface area contributed by atoms with Crippen molar-refractivity contribution in [1.82, 2.24) is 14.9 Å². The lowest BCUT2D eigenvalue weighted by molar-refractivity contribution is 0.0601. The molecule has 1 unspecified atom stereocenters. The molecule has 0 saturated carbocycles. The van der Waals surface area contributed by atoms with E-state index in [1.807, 2.05) is 11.0 Å². The van der Waals surface area contributed by atoms with Crippen LogP contribution in [0.3, 0.4) is 0 Å². The summed E-state index contributed by atoms with van der Waals surface area (Å²) in [6.07, 6.45) is 5.94. The van der Waals surface area contributed by atoms with Crippen molar-refractivity contribution in [2.45, 2.75) is 45.6 Å². The van der Waals surface area contributed by atoms with Gasteiger partial charge in [0.2, 0.25) is 0 Å². The third-order valence-corrected chi connectivity index (χ3v) is 6.20. The molecule has 0 spiro atoms. The largest absolute Gasteiger partial charge is 0.368 e. The molecule has 29 heavy (non-hydrogen) atoms. The number of carbonyl (C=O) groups is 1. The number of piperazine rings is 1. The Morgan fingerprint density at radius 1 is 1.03 bits per heavy atom. The quantitative estimate of drug-likeness (QED) is 0.796. The lowest BCUT2D eigenvalue weighted by atomic mass is 9.99. The van der Waals surface area contributed by atoms with E-state index in [0.717, 1.165) is 57.8 Å². The molecule has 0 aliphatic carbocycles. The molecular formula is C23H31N5O. The summed E-state index contributed by atoms with van der Waals surface area (Å²) < 4.78 is 0. The van der Waals surface area contributed by atoms with Gasteiger partial charge in [-0.3, -0.25) is 4.79 Å². The summed E-state index contributed by atoms with van der Waals surface area (Å²) in [5.74, 6) is 0.913. The molecule has 2 aliphatic rings. The lowest BCUT2D eigenvalue weighted by Crippen LogP contribution is -2.47. The van der Waals surface area contributed by atoms with Crippen molar-refractivity contribution in [3.63, 3.8) is 0 Å². The van der Waals surface area contributed by atoms with Crippen molar-refractivity contribution >= 4 is 17.4 Å². The fraction of sp³-hybridized carbons (Fsp3) is 0.522. The molecule has 2 fully saturated rings. The van der Waals surface area contributed by atoms with Gasteiger partial charge in [-0.25, -0.2) is 9.97 Å². The number of piperidine rings is 1. The summed E-state index contributed by atoms with van der Waals surface area (Å²) in [5.41, 5.74) is 3.09. The van der Waals surface area contributed by atoms with Gasteiger partial charge in [-0.15, -0.1) is 0 Å². The van der Waals surface area contributed by atoms with Gasteiger partial charge in [-0.05, 0) is 50.3 Å². The zero-order valence-corrected chi connectivity index (χ0v) is 17.5. The molecule has 0 radical (unpaired) electrons. The second-order valence-electron chi connectivity index (χ2n) is 8.13. The van der Waals surface area contributed by atoms with Crippen molar-refractivity contribution in [3.8, 4) is 0 Å². The molecule has 6 heteroatoms. The standard InChI is InChI=1S/C23H31N5O/c1-3-19-8-4-5-10-28(19)23(29)21-16-22(25-17-24-21)27-13-11-26(12-14-27)20-9-6-7-18(2)15-20/h6-7,9,15-17,19H,3-5,8,10-14H2,1-2H3. The summed E-state index contributed by atoms with van der Waals surface area (Å²) >= 11 is 0. The summed E-state index contributed by atoms with van der Waals surface area (Å²) in [7, 11) is 0. The summed E-state index contributed by atoms with van der Waals surface area (Å²) in [6.45, 7) is 8.80. The van der Waals surface area contributed by atoms with Crippen LogP contribution in [0.1, 0.15) is 48.7 Å². The minimum absolute atomic E-state index is 0.0543. The van der Waals surface area contributed by atoms with E-state index in [9.17, 15) is 4.79 Å². The molecule has 2 saturated heterocycles. The van der Waals surface area contributed by atoms with Gasteiger partial charge in [0.25, 0.3) is 5.91 Å². The average molecular weight is 394 g/mol. The Labute approximate surface area is 173 Å². The van der Waals surface area contributed by atoms with Gasteiger partial charge in [-0.1, -0.05) is 19.1 Å². The van der Waals surface area contributed by atoms with Gasteiger partial charge in [-0.2, -0.15) is 0 Å². The van der Waals surface area contributed by atoms with E-state index in [-0.39, 0.29) is 5.91 Å². The first-order valence-corrected chi connectivity index (χ1v) is 10.9. The molecule has 2 aliphatic heterocycles. The van der Waals surface area contributed by atoms with Crippen LogP contribution in [-0.4, -0.2) is 59.5 Å². The van der Waals surface area contributed by atoms with Crippen molar-refractivity contribution in [2.24, 2.45) is 0 Å². The number of nitrogens with zero attached hydrogens (tertiary/aromatic N) is 5. The lowest BCUT2D eigenvalue weighted by Gasteiger charge is -2.37. The van der Waals surface area contributed by atoms with Crippen LogP contribution >= 0.6 is 0 Å². The first-order chi connectivity index (χ1) is 14.2. The summed E-state index contributed by atoms with van der Waals surface area (Å²) in [4.78, 5) is 28.6. The van der Waals surface area contributed by atoms with E-state index in [4.69, 9.17) is 0 Å². The number of amides is 1. The monoisotopic (exact) mass is 393 g/mol. The fourth-order valence-corrected chi connectivity index (χ4v) is 4.49. The normalized spacial score (nSPS) is 20.1. The SMILES string of the molecule is CCC1CCCCN1C(=O)c1cc(N2CCN(c3cccc(C)c3)CC2)ncn1. The predicted octanol–water partition coefficient (Wildman–Crippen LogP) is 3.52. The maximum atomic E-state index is 13.1. The molecule has 0 N–H and O–H groups in total. The van der Waals surface area contributed by atoms with E-state index in [1.165, 1.54) is 17.7 Å². The molecule has 1 atom stereocenters. The average Bonchev–Trinajstić information content (AvgIpc) is 2.79. The number of aryl methyl sites for hydroxylation is 1. The number of likely N-dealkylation sites (tertiary alicyclic amines) is 1. The van der Waals surface area contributed by atoms with Crippen LogP contribution in [0.2, 0.25) is 0 Å². The molecular weight excluding hydrogens is 362 g/mol. The van der Waals surface area contributed by atoms with Gasteiger partial charge in [0.1, 0.15) is 17.8 Å². The molecule has 4 rings (SSSR count). The van der Waals surface area contributed by atoms with Crippen LogP contribution < -0.4 is 9.80 Å². The van der Waals surface area contributed by atoms with E-state index >= 15 is 0 Å².